The van der Waals surface area contributed by atoms with Crippen LogP contribution in [0.2, 0.25) is 0 Å². The fraction of sp³-hybridized carbons (Fsp3) is 0.185. The molecule has 0 aliphatic rings. The van der Waals surface area contributed by atoms with Gasteiger partial charge in [-0.15, -0.1) is 23.5 Å². The van der Waals surface area contributed by atoms with E-state index < -0.39 is 12.2 Å². The molecule has 9 aromatic rings. The number of rotatable bonds is 18. The van der Waals surface area contributed by atoms with E-state index in [2.05, 4.69) is 126 Å². The van der Waals surface area contributed by atoms with Crippen LogP contribution in [0.3, 0.4) is 0 Å². The van der Waals surface area contributed by atoms with E-state index in [1.54, 1.807) is 23.5 Å². The van der Waals surface area contributed by atoms with Crippen molar-refractivity contribution in [1.29, 1.82) is 0 Å². The molecule has 10 heteroatoms. The van der Waals surface area contributed by atoms with Crippen molar-refractivity contribution in [2.24, 2.45) is 10.2 Å². The first-order valence-corrected chi connectivity index (χ1v) is 23.9. The van der Waals surface area contributed by atoms with Gasteiger partial charge in [-0.25, -0.2) is 0 Å². The number of para-hydroxylation sites is 4. The molecule has 2 heterocycles. The average molecular weight is 881 g/mol. The second kappa shape index (κ2) is 20.0. The number of hydrazone groups is 2. The van der Waals surface area contributed by atoms with Crippen LogP contribution in [-0.4, -0.2) is 68.6 Å². The second-order valence-corrected chi connectivity index (χ2v) is 18.0. The highest BCUT2D eigenvalue weighted by atomic mass is 32.2. The zero-order chi connectivity index (χ0) is 43.8. The van der Waals surface area contributed by atoms with Crippen LogP contribution in [0, 0.1) is 0 Å². The molecule has 0 bridgehead atoms. The Labute approximate surface area is 383 Å². The van der Waals surface area contributed by atoms with Crippen molar-refractivity contribution in [3.05, 3.63) is 181 Å². The largest absolute Gasteiger partial charge is 0.390 e. The molecule has 64 heavy (non-hydrogen) atoms. The first kappa shape index (κ1) is 43.0. The molecular formula is C54H52N6O2S2. The molecule has 2 atom stereocenters. The maximum absolute atomic E-state index is 11.4. The highest BCUT2D eigenvalue weighted by Crippen LogP contribution is 2.32. The van der Waals surface area contributed by atoms with Crippen molar-refractivity contribution in [2.75, 3.05) is 34.6 Å². The van der Waals surface area contributed by atoms with Crippen molar-refractivity contribution in [1.82, 2.24) is 9.13 Å². The molecule has 0 radical (unpaired) electrons. The third-order valence-corrected chi connectivity index (χ3v) is 13.8. The fourth-order valence-corrected chi connectivity index (χ4v) is 10.3. The normalized spacial score (nSPS) is 12.9. The van der Waals surface area contributed by atoms with Gasteiger partial charge in [-0.05, 0) is 104 Å². The molecule has 0 aliphatic heterocycles. The van der Waals surface area contributed by atoms with E-state index >= 15 is 0 Å². The molecule has 2 unspecified atom stereocenters. The summed E-state index contributed by atoms with van der Waals surface area (Å²) in [5.74, 6) is 0.991. The van der Waals surface area contributed by atoms with E-state index in [1.165, 1.54) is 43.6 Å². The molecule has 2 aromatic heterocycles. The van der Waals surface area contributed by atoms with Gasteiger partial charge in [-0.2, -0.15) is 10.2 Å². The number of aromatic nitrogens is 2. The molecule has 7 aromatic carbocycles. The van der Waals surface area contributed by atoms with E-state index in [0.717, 1.165) is 45.4 Å². The number of aliphatic hydroxyl groups excluding tert-OH is 2. The van der Waals surface area contributed by atoms with Gasteiger partial charge in [0.2, 0.25) is 0 Å². The number of aliphatic hydroxyl groups is 2. The Morgan fingerprint density at radius 1 is 0.469 bits per heavy atom. The van der Waals surface area contributed by atoms with Gasteiger partial charge < -0.3 is 19.3 Å². The Bertz CT molecular complexity index is 2850. The monoisotopic (exact) mass is 880 g/mol. The first-order chi connectivity index (χ1) is 31.4. The lowest BCUT2D eigenvalue weighted by molar-refractivity contribution is 0.204. The lowest BCUT2D eigenvalue weighted by Gasteiger charge is -2.22. The molecule has 0 spiro atoms. The predicted octanol–water partition coefficient (Wildman–Crippen LogP) is 11.9. The van der Waals surface area contributed by atoms with Gasteiger partial charge >= 0.3 is 0 Å². The molecule has 0 fully saturated rings. The quantitative estimate of drug-likeness (QED) is 0.0508. The van der Waals surface area contributed by atoms with Gasteiger partial charge in [-0.1, -0.05) is 91.0 Å². The van der Waals surface area contributed by atoms with Gasteiger partial charge in [0, 0.05) is 78.0 Å². The van der Waals surface area contributed by atoms with Crippen molar-refractivity contribution in [3.63, 3.8) is 0 Å². The smallest absolute Gasteiger partial charge is 0.0830 e. The van der Waals surface area contributed by atoms with Crippen LogP contribution in [0.25, 0.3) is 43.6 Å². The Kier molecular flexibility index (Phi) is 13.5. The minimum atomic E-state index is -0.645. The Morgan fingerprint density at radius 2 is 0.875 bits per heavy atom. The van der Waals surface area contributed by atoms with Crippen LogP contribution >= 0.6 is 23.5 Å². The van der Waals surface area contributed by atoms with E-state index in [4.69, 9.17) is 10.2 Å². The summed E-state index contributed by atoms with van der Waals surface area (Å²) in [7, 11) is 0. The minimum Gasteiger partial charge on any atom is -0.390 e. The Morgan fingerprint density at radius 3 is 1.31 bits per heavy atom. The van der Waals surface area contributed by atoms with Crippen molar-refractivity contribution >= 4 is 90.9 Å². The summed E-state index contributed by atoms with van der Waals surface area (Å²) < 4.78 is 4.70. The summed E-state index contributed by atoms with van der Waals surface area (Å²) in [6.07, 6.45) is 2.48. The highest BCUT2D eigenvalue weighted by Gasteiger charge is 2.16. The van der Waals surface area contributed by atoms with Gasteiger partial charge in [0.25, 0.3) is 0 Å². The molecule has 2 N–H and O–H groups in total. The average Bonchev–Trinajstić information content (AvgIpc) is 3.84. The standard InChI is InChI=1S/C54H52N6O2S2/c1-3-57-51-24-13-11-22-47(51)49-30-39(26-28-53(49)57)33-55-59(41-16-7-5-8-17-41)35-43(61)37-63-45-20-15-21-46(32-45)64-38-44(62)36-60(42-18-9-6-10-19-42)56-34-40-27-29-54-50(31-40)48-23-12-14-25-52(48)58(54)4-2/h5-34,43-44,61-62H,3-4,35-38H2,1-2H3. The molecule has 0 amide bonds. The van der Waals surface area contributed by atoms with Crippen LogP contribution in [0.1, 0.15) is 25.0 Å². The van der Waals surface area contributed by atoms with Crippen LogP contribution in [0.4, 0.5) is 11.4 Å². The third kappa shape index (κ3) is 9.61. The SMILES string of the molecule is CCn1c2ccccc2c2cc(C=NN(CC(O)CSc3cccc(SCC(O)CN(N=Cc4ccc5c(c4)c4ccccc4n5CC)c4ccccc4)c3)c3ccccc3)ccc21. The summed E-state index contributed by atoms with van der Waals surface area (Å²) in [6.45, 7) is 6.83. The van der Waals surface area contributed by atoms with E-state index in [-0.39, 0.29) is 0 Å². The zero-order valence-corrected chi connectivity index (χ0v) is 37.7. The summed E-state index contributed by atoms with van der Waals surface area (Å²) in [4.78, 5) is 2.12. The number of hydrogen-bond acceptors (Lipinski definition) is 8. The molecule has 8 nitrogen and oxygen atoms in total. The first-order valence-electron chi connectivity index (χ1n) is 21.9. The zero-order valence-electron chi connectivity index (χ0n) is 36.1. The lowest BCUT2D eigenvalue weighted by atomic mass is 10.1. The molecule has 9 rings (SSSR count). The number of thioether (sulfide) groups is 2. The molecular weight excluding hydrogens is 829 g/mol. The summed E-state index contributed by atoms with van der Waals surface area (Å²) in [5.41, 5.74) is 8.72. The van der Waals surface area contributed by atoms with E-state index in [0.29, 0.717) is 24.6 Å². The third-order valence-electron chi connectivity index (χ3n) is 11.5. The van der Waals surface area contributed by atoms with Gasteiger partial charge in [0.1, 0.15) is 0 Å². The number of fused-ring (bicyclic) bond motifs is 6. The number of anilines is 2. The Balaban J connectivity index is 0.827. The number of nitrogens with zero attached hydrogens (tertiary/aromatic N) is 6. The lowest BCUT2D eigenvalue weighted by Crippen LogP contribution is -2.30. The van der Waals surface area contributed by atoms with Crippen molar-refractivity contribution in [2.45, 2.75) is 48.9 Å². The molecule has 322 valence electrons. The van der Waals surface area contributed by atoms with Gasteiger partial charge in [0.05, 0.1) is 49.1 Å². The van der Waals surface area contributed by atoms with Crippen molar-refractivity contribution < 1.29 is 10.2 Å². The van der Waals surface area contributed by atoms with Crippen LogP contribution in [-0.2, 0) is 13.1 Å². The molecule has 0 aliphatic carbocycles. The van der Waals surface area contributed by atoms with Gasteiger partial charge in [0.15, 0.2) is 0 Å². The Hall–Kier alpha value is -6.30. The van der Waals surface area contributed by atoms with E-state index in [9.17, 15) is 10.2 Å². The van der Waals surface area contributed by atoms with Gasteiger partial charge in [-0.3, -0.25) is 10.0 Å². The summed E-state index contributed by atoms with van der Waals surface area (Å²) in [5, 5.41) is 41.2. The topological polar surface area (TPSA) is 81.5 Å². The fourth-order valence-electron chi connectivity index (χ4n) is 8.44. The number of aryl methyl sites for hydroxylation is 2. The molecule has 0 saturated carbocycles. The summed E-state index contributed by atoms with van der Waals surface area (Å²) >= 11 is 3.23. The minimum absolute atomic E-state index is 0.337. The maximum Gasteiger partial charge on any atom is 0.0830 e. The molecule has 0 saturated heterocycles. The number of hydrogen-bond donors (Lipinski definition) is 2. The highest BCUT2D eigenvalue weighted by molar-refractivity contribution is 8.00. The van der Waals surface area contributed by atoms with E-state index in [1.807, 2.05) is 89.2 Å². The van der Waals surface area contributed by atoms with Crippen LogP contribution in [0.5, 0.6) is 0 Å². The predicted molar refractivity (Wildman–Crippen MR) is 273 cm³/mol. The van der Waals surface area contributed by atoms with Crippen LogP contribution < -0.4 is 10.0 Å². The number of benzene rings is 7. The summed E-state index contributed by atoms with van der Waals surface area (Å²) in [6, 6.07) is 58.4. The van der Waals surface area contributed by atoms with Crippen LogP contribution in [0.15, 0.2) is 190 Å². The second-order valence-electron chi connectivity index (χ2n) is 15.8. The maximum atomic E-state index is 11.4. The van der Waals surface area contributed by atoms with Crippen molar-refractivity contribution in [3.8, 4) is 0 Å².